The molecule has 0 aliphatic carbocycles. The zero-order valence-electron chi connectivity index (χ0n) is 9.61. The monoisotopic (exact) mass is 215 g/mol. The highest BCUT2D eigenvalue weighted by Gasteiger charge is 2.17. The maximum atomic E-state index is 4.71. The van der Waals surface area contributed by atoms with Gasteiger partial charge in [-0.15, -0.1) is 0 Å². The molecular formula is C13H17N3. The number of aromatic nitrogens is 2. The largest absolute Gasteiger partial charge is 0.331 e. The Morgan fingerprint density at radius 1 is 1.44 bits per heavy atom. The highest BCUT2D eigenvalue weighted by Crippen LogP contribution is 2.19. The van der Waals surface area contributed by atoms with E-state index >= 15 is 0 Å². The smallest absolute Gasteiger partial charge is 0.109 e. The summed E-state index contributed by atoms with van der Waals surface area (Å²) in [7, 11) is 2.12. The van der Waals surface area contributed by atoms with E-state index in [9.17, 15) is 0 Å². The van der Waals surface area contributed by atoms with Crippen LogP contribution in [-0.4, -0.2) is 22.6 Å². The van der Waals surface area contributed by atoms with Crippen LogP contribution in [0.3, 0.4) is 0 Å². The second-order valence-electron chi connectivity index (χ2n) is 4.64. The normalized spacial score (nSPS) is 20.7. The van der Waals surface area contributed by atoms with E-state index in [1.807, 2.05) is 0 Å². The minimum absolute atomic E-state index is 0.760. The molecule has 2 heterocycles. The third-order valence-electron chi connectivity index (χ3n) is 3.51. The van der Waals surface area contributed by atoms with Crippen LogP contribution in [0, 0.1) is 5.92 Å². The van der Waals surface area contributed by atoms with Gasteiger partial charge >= 0.3 is 0 Å². The Hall–Kier alpha value is -1.35. The summed E-state index contributed by atoms with van der Waals surface area (Å²) in [5, 5.41) is 3.41. The van der Waals surface area contributed by atoms with Gasteiger partial charge in [-0.2, -0.15) is 0 Å². The second-order valence-corrected chi connectivity index (χ2v) is 4.64. The maximum absolute atomic E-state index is 4.71. The number of fused-ring (bicyclic) bond motifs is 1. The van der Waals surface area contributed by atoms with Crippen molar-refractivity contribution in [1.82, 2.24) is 14.9 Å². The Morgan fingerprint density at radius 3 is 3.06 bits per heavy atom. The molecule has 0 spiro atoms. The van der Waals surface area contributed by atoms with Gasteiger partial charge in [0.25, 0.3) is 0 Å². The molecule has 1 aliphatic rings. The Balaban J connectivity index is 1.94. The summed E-state index contributed by atoms with van der Waals surface area (Å²) >= 11 is 0. The van der Waals surface area contributed by atoms with Gasteiger partial charge in [-0.05, 0) is 37.6 Å². The number of nitrogens with one attached hydrogen (secondary N) is 1. The van der Waals surface area contributed by atoms with Crippen molar-refractivity contribution in [3.63, 3.8) is 0 Å². The van der Waals surface area contributed by atoms with Crippen molar-refractivity contribution >= 4 is 11.0 Å². The highest BCUT2D eigenvalue weighted by molar-refractivity contribution is 5.75. The summed E-state index contributed by atoms with van der Waals surface area (Å²) < 4.78 is 2.23. The summed E-state index contributed by atoms with van der Waals surface area (Å²) in [5.74, 6) is 1.98. The van der Waals surface area contributed by atoms with Crippen molar-refractivity contribution in [3.8, 4) is 0 Å². The standard InChI is InChI=1S/C13H17N3/c1-16-12-5-3-2-4-11(12)15-13(16)8-10-6-7-14-9-10/h2-5,10,14H,6-9H2,1H3. The SMILES string of the molecule is Cn1c(CC2CCNC2)nc2ccccc21. The zero-order valence-corrected chi connectivity index (χ0v) is 9.61. The summed E-state index contributed by atoms with van der Waals surface area (Å²) in [6, 6.07) is 8.35. The third-order valence-corrected chi connectivity index (χ3v) is 3.51. The van der Waals surface area contributed by atoms with E-state index in [-0.39, 0.29) is 0 Å². The molecule has 3 nitrogen and oxygen atoms in total. The number of aryl methyl sites for hydroxylation is 1. The first kappa shape index (κ1) is 9.85. The summed E-state index contributed by atoms with van der Waals surface area (Å²) in [6.07, 6.45) is 2.38. The number of benzene rings is 1. The molecule has 0 radical (unpaired) electrons. The van der Waals surface area contributed by atoms with Gasteiger partial charge in [0.15, 0.2) is 0 Å². The van der Waals surface area contributed by atoms with E-state index in [2.05, 4.69) is 41.2 Å². The molecule has 1 atom stereocenters. The van der Waals surface area contributed by atoms with Gasteiger partial charge in [0, 0.05) is 13.5 Å². The number of nitrogens with zero attached hydrogens (tertiary/aromatic N) is 2. The average Bonchev–Trinajstić information content (AvgIpc) is 2.90. The molecule has 1 unspecified atom stereocenters. The first-order chi connectivity index (χ1) is 7.84. The lowest BCUT2D eigenvalue weighted by Gasteiger charge is -2.07. The molecule has 84 valence electrons. The van der Waals surface area contributed by atoms with E-state index in [0.29, 0.717) is 0 Å². The first-order valence-electron chi connectivity index (χ1n) is 5.95. The van der Waals surface area contributed by atoms with Gasteiger partial charge in [0.2, 0.25) is 0 Å². The lowest BCUT2D eigenvalue weighted by molar-refractivity contribution is 0.552. The van der Waals surface area contributed by atoms with Gasteiger partial charge in [-0.25, -0.2) is 4.98 Å². The number of hydrogen-bond acceptors (Lipinski definition) is 2. The fourth-order valence-corrected chi connectivity index (χ4v) is 2.52. The molecular weight excluding hydrogens is 198 g/mol. The van der Waals surface area contributed by atoms with Crippen LogP contribution >= 0.6 is 0 Å². The molecule has 1 aromatic carbocycles. The Morgan fingerprint density at radius 2 is 2.31 bits per heavy atom. The number of imidazole rings is 1. The molecule has 0 amide bonds. The quantitative estimate of drug-likeness (QED) is 0.826. The van der Waals surface area contributed by atoms with Crippen molar-refractivity contribution in [1.29, 1.82) is 0 Å². The van der Waals surface area contributed by atoms with Gasteiger partial charge in [0.1, 0.15) is 5.82 Å². The van der Waals surface area contributed by atoms with Crippen molar-refractivity contribution in [2.45, 2.75) is 12.8 Å². The molecule has 3 heteroatoms. The van der Waals surface area contributed by atoms with E-state index in [1.165, 1.54) is 17.8 Å². The Bertz CT molecular complexity index is 495. The molecule has 2 aromatic rings. The van der Waals surface area contributed by atoms with Gasteiger partial charge in [-0.1, -0.05) is 12.1 Å². The van der Waals surface area contributed by atoms with Crippen LogP contribution in [0.2, 0.25) is 0 Å². The summed E-state index contributed by atoms with van der Waals surface area (Å²) in [4.78, 5) is 4.71. The van der Waals surface area contributed by atoms with E-state index in [1.54, 1.807) is 0 Å². The maximum Gasteiger partial charge on any atom is 0.109 e. The molecule has 0 saturated carbocycles. The topological polar surface area (TPSA) is 29.9 Å². The van der Waals surface area contributed by atoms with Crippen LogP contribution in [0.4, 0.5) is 0 Å². The van der Waals surface area contributed by atoms with Crippen LogP contribution in [-0.2, 0) is 13.5 Å². The van der Waals surface area contributed by atoms with Crippen molar-refractivity contribution < 1.29 is 0 Å². The average molecular weight is 215 g/mol. The molecule has 0 bridgehead atoms. The summed E-state index contributed by atoms with van der Waals surface area (Å²) in [6.45, 7) is 2.30. The minimum atomic E-state index is 0.760. The molecule has 1 fully saturated rings. The van der Waals surface area contributed by atoms with Crippen molar-refractivity contribution in [2.24, 2.45) is 13.0 Å². The van der Waals surface area contributed by atoms with Crippen LogP contribution < -0.4 is 5.32 Å². The Kier molecular flexibility index (Phi) is 2.40. The lowest BCUT2D eigenvalue weighted by atomic mass is 10.0. The van der Waals surface area contributed by atoms with E-state index in [0.717, 1.165) is 30.9 Å². The van der Waals surface area contributed by atoms with Crippen LogP contribution in [0.1, 0.15) is 12.2 Å². The van der Waals surface area contributed by atoms with Gasteiger partial charge in [-0.3, -0.25) is 0 Å². The van der Waals surface area contributed by atoms with E-state index < -0.39 is 0 Å². The van der Waals surface area contributed by atoms with Gasteiger partial charge in [0.05, 0.1) is 11.0 Å². The fourth-order valence-electron chi connectivity index (χ4n) is 2.52. The molecule has 3 rings (SSSR count). The fraction of sp³-hybridized carbons (Fsp3) is 0.462. The zero-order chi connectivity index (χ0) is 11.0. The predicted octanol–water partition coefficient (Wildman–Crippen LogP) is 1.73. The molecule has 1 saturated heterocycles. The van der Waals surface area contributed by atoms with Crippen LogP contribution in [0.15, 0.2) is 24.3 Å². The summed E-state index contributed by atoms with van der Waals surface area (Å²) in [5.41, 5.74) is 2.36. The molecule has 1 N–H and O–H groups in total. The van der Waals surface area contributed by atoms with Crippen LogP contribution in [0.25, 0.3) is 11.0 Å². The molecule has 1 aliphatic heterocycles. The van der Waals surface area contributed by atoms with Crippen LogP contribution in [0.5, 0.6) is 0 Å². The number of hydrogen-bond donors (Lipinski definition) is 1. The lowest BCUT2D eigenvalue weighted by Crippen LogP contribution is -2.12. The molecule has 16 heavy (non-hydrogen) atoms. The highest BCUT2D eigenvalue weighted by atomic mass is 15.1. The number of rotatable bonds is 2. The minimum Gasteiger partial charge on any atom is -0.331 e. The first-order valence-corrected chi connectivity index (χ1v) is 5.95. The second kappa shape index (κ2) is 3.91. The Labute approximate surface area is 95.5 Å². The van der Waals surface area contributed by atoms with Gasteiger partial charge < -0.3 is 9.88 Å². The molecule has 1 aromatic heterocycles. The van der Waals surface area contributed by atoms with Crippen molar-refractivity contribution in [2.75, 3.05) is 13.1 Å². The predicted molar refractivity (Wildman–Crippen MR) is 65.4 cm³/mol. The number of para-hydroxylation sites is 2. The third kappa shape index (κ3) is 1.61. The van der Waals surface area contributed by atoms with E-state index in [4.69, 9.17) is 4.98 Å². The van der Waals surface area contributed by atoms with Crippen molar-refractivity contribution in [3.05, 3.63) is 30.1 Å².